The van der Waals surface area contributed by atoms with E-state index >= 15 is 0 Å². The lowest BCUT2D eigenvalue weighted by Gasteiger charge is -2.10. The van der Waals surface area contributed by atoms with Crippen LogP contribution in [0.3, 0.4) is 0 Å². The van der Waals surface area contributed by atoms with Crippen LogP contribution in [-0.4, -0.2) is 22.5 Å². The molecule has 1 N–H and O–H groups in total. The molecule has 0 bridgehead atoms. The highest BCUT2D eigenvalue weighted by Gasteiger charge is 2.13. The van der Waals surface area contributed by atoms with Crippen molar-refractivity contribution in [2.75, 3.05) is 11.9 Å². The zero-order valence-corrected chi connectivity index (χ0v) is 15.7. The number of nitrogens with one attached hydrogen (secondary N) is 1. The predicted octanol–water partition coefficient (Wildman–Crippen LogP) is 4.87. The van der Waals surface area contributed by atoms with Gasteiger partial charge in [-0.1, -0.05) is 23.7 Å². The zero-order chi connectivity index (χ0) is 19.5. The number of carbonyl (C=O) groups excluding carboxylic acids is 1. The number of fused-ring (bicyclic) bond motifs is 1. The van der Waals surface area contributed by atoms with Crippen molar-refractivity contribution in [2.24, 2.45) is 0 Å². The summed E-state index contributed by atoms with van der Waals surface area (Å²) in [6.07, 6.45) is 1.65. The number of nitrogens with zero attached hydrogens (tertiary/aromatic N) is 2. The minimum absolute atomic E-state index is 0.128. The number of anilines is 1. The molecule has 6 nitrogen and oxygen atoms in total. The number of carbonyl (C=O) groups is 1. The Bertz CT molecular complexity index is 1120. The molecule has 0 spiro atoms. The SMILES string of the molecule is Cc1cccc(OCC(=O)Nc2cc(-c3nc4ncccc4o3)ccc2Cl)c1. The van der Waals surface area contributed by atoms with Crippen LogP contribution >= 0.6 is 11.6 Å². The normalized spacial score (nSPS) is 10.8. The number of rotatable bonds is 5. The van der Waals surface area contributed by atoms with E-state index in [-0.39, 0.29) is 12.5 Å². The summed E-state index contributed by atoms with van der Waals surface area (Å²) in [5.74, 6) is 0.714. The molecule has 0 aliphatic heterocycles. The molecular formula is C21H16ClN3O3. The van der Waals surface area contributed by atoms with Crippen LogP contribution < -0.4 is 10.1 Å². The number of halogens is 1. The molecule has 0 saturated carbocycles. The highest BCUT2D eigenvalue weighted by atomic mass is 35.5. The van der Waals surface area contributed by atoms with Gasteiger partial charge in [-0.05, 0) is 55.0 Å². The van der Waals surface area contributed by atoms with Gasteiger partial charge in [0.05, 0.1) is 10.7 Å². The third-order valence-electron chi connectivity index (χ3n) is 4.01. The maximum atomic E-state index is 12.3. The maximum absolute atomic E-state index is 12.3. The highest BCUT2D eigenvalue weighted by Crippen LogP contribution is 2.30. The van der Waals surface area contributed by atoms with Crippen molar-refractivity contribution in [3.8, 4) is 17.2 Å². The topological polar surface area (TPSA) is 77.2 Å². The number of oxazole rings is 1. The van der Waals surface area contributed by atoms with Gasteiger partial charge in [0.25, 0.3) is 5.91 Å². The summed E-state index contributed by atoms with van der Waals surface area (Å²) in [6.45, 7) is 1.83. The quantitative estimate of drug-likeness (QED) is 0.523. The standard InChI is InChI=1S/C21H16ClN3O3/c1-13-4-2-5-15(10-13)27-12-19(26)24-17-11-14(7-8-16(17)22)21-25-20-18(28-21)6-3-9-23-20/h2-11H,12H2,1H3,(H,24,26). The van der Waals surface area contributed by atoms with E-state index in [1.165, 1.54) is 0 Å². The smallest absolute Gasteiger partial charge is 0.262 e. The summed E-state index contributed by atoms with van der Waals surface area (Å²) >= 11 is 6.23. The number of pyridine rings is 1. The first-order chi connectivity index (χ1) is 13.6. The van der Waals surface area contributed by atoms with Gasteiger partial charge in [-0.3, -0.25) is 4.79 Å². The fourth-order valence-electron chi connectivity index (χ4n) is 2.69. The van der Waals surface area contributed by atoms with Crippen LogP contribution in [-0.2, 0) is 4.79 Å². The molecule has 0 saturated heterocycles. The van der Waals surface area contributed by atoms with E-state index in [1.54, 1.807) is 42.6 Å². The Morgan fingerprint density at radius 2 is 2.07 bits per heavy atom. The Labute approximate surface area is 166 Å². The molecule has 7 heteroatoms. The van der Waals surface area contributed by atoms with Gasteiger partial charge in [0.1, 0.15) is 5.75 Å². The number of hydrogen-bond donors (Lipinski definition) is 1. The van der Waals surface area contributed by atoms with Crippen molar-refractivity contribution in [1.29, 1.82) is 0 Å². The second-order valence-electron chi connectivity index (χ2n) is 6.19. The van der Waals surface area contributed by atoms with Crippen molar-refractivity contribution in [3.63, 3.8) is 0 Å². The van der Waals surface area contributed by atoms with Crippen molar-refractivity contribution in [1.82, 2.24) is 9.97 Å². The van der Waals surface area contributed by atoms with E-state index in [2.05, 4.69) is 15.3 Å². The van der Waals surface area contributed by atoms with E-state index in [4.69, 9.17) is 20.8 Å². The summed E-state index contributed by atoms with van der Waals surface area (Å²) in [5.41, 5.74) is 3.29. The van der Waals surface area contributed by atoms with Gasteiger partial charge in [0.15, 0.2) is 17.8 Å². The number of ether oxygens (including phenoxy) is 1. The molecule has 2 aromatic carbocycles. The van der Waals surface area contributed by atoms with Crippen LogP contribution in [0.5, 0.6) is 5.75 Å². The van der Waals surface area contributed by atoms with E-state index in [0.717, 1.165) is 5.56 Å². The second kappa shape index (κ2) is 7.70. The molecule has 2 heterocycles. The Morgan fingerprint density at radius 1 is 1.18 bits per heavy atom. The third-order valence-corrected chi connectivity index (χ3v) is 4.34. The molecule has 0 aliphatic rings. The Morgan fingerprint density at radius 3 is 2.89 bits per heavy atom. The average Bonchev–Trinajstić information content (AvgIpc) is 3.12. The van der Waals surface area contributed by atoms with Crippen LogP contribution in [0.25, 0.3) is 22.7 Å². The lowest BCUT2D eigenvalue weighted by atomic mass is 10.2. The molecule has 0 atom stereocenters. The molecular weight excluding hydrogens is 378 g/mol. The van der Waals surface area contributed by atoms with Gasteiger partial charge >= 0.3 is 0 Å². The molecule has 4 rings (SSSR count). The third kappa shape index (κ3) is 3.97. The average molecular weight is 394 g/mol. The van der Waals surface area contributed by atoms with Crippen LogP contribution in [0.2, 0.25) is 5.02 Å². The van der Waals surface area contributed by atoms with Gasteiger partial charge < -0.3 is 14.5 Å². The molecule has 0 fully saturated rings. The number of aromatic nitrogens is 2. The second-order valence-corrected chi connectivity index (χ2v) is 6.60. The number of hydrogen-bond acceptors (Lipinski definition) is 5. The highest BCUT2D eigenvalue weighted by molar-refractivity contribution is 6.33. The van der Waals surface area contributed by atoms with E-state index in [1.807, 2.05) is 25.1 Å². The van der Waals surface area contributed by atoms with Crippen LogP contribution in [0.4, 0.5) is 5.69 Å². The molecule has 2 aromatic heterocycles. The molecule has 140 valence electrons. The van der Waals surface area contributed by atoms with E-state index < -0.39 is 0 Å². The molecule has 0 unspecified atom stereocenters. The molecule has 0 radical (unpaired) electrons. The van der Waals surface area contributed by atoms with Crippen molar-refractivity contribution >= 4 is 34.4 Å². The fraction of sp³-hybridized carbons (Fsp3) is 0.0952. The number of amides is 1. The number of aryl methyl sites for hydroxylation is 1. The fourth-order valence-corrected chi connectivity index (χ4v) is 2.85. The summed E-state index contributed by atoms with van der Waals surface area (Å²) in [7, 11) is 0. The first kappa shape index (κ1) is 18.0. The predicted molar refractivity (Wildman–Crippen MR) is 108 cm³/mol. The van der Waals surface area contributed by atoms with Crippen molar-refractivity contribution < 1.29 is 13.9 Å². The maximum Gasteiger partial charge on any atom is 0.262 e. The lowest BCUT2D eigenvalue weighted by Crippen LogP contribution is -2.20. The van der Waals surface area contributed by atoms with E-state index in [9.17, 15) is 4.79 Å². The first-order valence-electron chi connectivity index (χ1n) is 8.59. The molecule has 1 amide bonds. The molecule has 4 aromatic rings. The first-order valence-corrected chi connectivity index (χ1v) is 8.97. The minimum atomic E-state index is -0.320. The minimum Gasteiger partial charge on any atom is -0.484 e. The lowest BCUT2D eigenvalue weighted by molar-refractivity contribution is -0.118. The van der Waals surface area contributed by atoms with Gasteiger partial charge in [-0.15, -0.1) is 0 Å². The van der Waals surface area contributed by atoms with Crippen LogP contribution in [0, 0.1) is 6.92 Å². The summed E-state index contributed by atoms with van der Waals surface area (Å²) in [4.78, 5) is 20.8. The van der Waals surface area contributed by atoms with Gasteiger partial charge in [-0.25, -0.2) is 4.98 Å². The monoisotopic (exact) mass is 393 g/mol. The van der Waals surface area contributed by atoms with Crippen molar-refractivity contribution in [2.45, 2.75) is 6.92 Å². The molecule has 0 aliphatic carbocycles. The summed E-state index contributed by atoms with van der Waals surface area (Å²) in [5, 5.41) is 3.16. The Kier molecular flexibility index (Phi) is 4.95. The number of benzene rings is 2. The van der Waals surface area contributed by atoms with Gasteiger partial charge in [0, 0.05) is 11.8 Å². The van der Waals surface area contributed by atoms with Crippen LogP contribution in [0.15, 0.2) is 65.2 Å². The van der Waals surface area contributed by atoms with E-state index in [0.29, 0.717) is 39.1 Å². The zero-order valence-electron chi connectivity index (χ0n) is 15.0. The largest absolute Gasteiger partial charge is 0.484 e. The van der Waals surface area contributed by atoms with Gasteiger partial charge in [-0.2, -0.15) is 4.98 Å². The Balaban J connectivity index is 1.49. The van der Waals surface area contributed by atoms with Crippen molar-refractivity contribution in [3.05, 3.63) is 71.4 Å². The Hall–Kier alpha value is -3.38. The van der Waals surface area contributed by atoms with Gasteiger partial charge in [0.2, 0.25) is 5.89 Å². The summed E-state index contributed by atoms with van der Waals surface area (Å²) < 4.78 is 11.2. The van der Waals surface area contributed by atoms with Crippen LogP contribution in [0.1, 0.15) is 5.56 Å². The molecule has 28 heavy (non-hydrogen) atoms. The summed E-state index contributed by atoms with van der Waals surface area (Å²) in [6, 6.07) is 16.2.